The zero-order chi connectivity index (χ0) is 15.4. The van der Waals surface area contributed by atoms with Gasteiger partial charge in [0.2, 0.25) is 0 Å². The molecule has 0 aliphatic heterocycles. The van der Waals surface area contributed by atoms with Crippen LogP contribution in [0, 0.1) is 0 Å². The van der Waals surface area contributed by atoms with Gasteiger partial charge in [-0.05, 0) is 19.4 Å². The van der Waals surface area contributed by atoms with Crippen LogP contribution >= 0.6 is 11.6 Å². The SMILES string of the molecule is CCCCCCCCOC(=O)C[N+](C)(C)C/C=C(/C)Cl.[Br-]. The fourth-order valence-corrected chi connectivity index (χ4v) is 1.97. The van der Waals surface area contributed by atoms with Gasteiger partial charge in [0.05, 0.1) is 27.2 Å². The van der Waals surface area contributed by atoms with Crippen molar-refractivity contribution in [3.63, 3.8) is 0 Å². The first kappa shape index (κ1) is 23.2. The molecule has 126 valence electrons. The van der Waals surface area contributed by atoms with E-state index in [1.165, 1.54) is 25.7 Å². The van der Waals surface area contributed by atoms with Gasteiger partial charge in [0.15, 0.2) is 6.54 Å². The number of carbonyl (C=O) groups is 1. The van der Waals surface area contributed by atoms with E-state index >= 15 is 0 Å². The monoisotopic (exact) mass is 383 g/mol. The summed E-state index contributed by atoms with van der Waals surface area (Å²) in [5.41, 5.74) is 0. The third kappa shape index (κ3) is 16.1. The normalized spacial score (nSPS) is 12.0. The molecule has 0 radical (unpaired) electrons. The Morgan fingerprint density at radius 3 is 2.29 bits per heavy atom. The van der Waals surface area contributed by atoms with Crippen LogP contribution in [0.1, 0.15) is 52.4 Å². The van der Waals surface area contributed by atoms with E-state index in [1.54, 1.807) is 0 Å². The molecule has 5 heteroatoms. The maximum absolute atomic E-state index is 11.7. The summed E-state index contributed by atoms with van der Waals surface area (Å²) in [5.74, 6) is -0.121. The maximum atomic E-state index is 11.7. The summed E-state index contributed by atoms with van der Waals surface area (Å²) in [6, 6.07) is 0. The number of unbranched alkanes of at least 4 members (excludes halogenated alkanes) is 5. The molecule has 0 aromatic heterocycles. The van der Waals surface area contributed by atoms with Gasteiger partial charge in [-0.2, -0.15) is 0 Å². The molecule has 3 nitrogen and oxygen atoms in total. The molecule has 0 saturated heterocycles. The lowest BCUT2D eigenvalue weighted by molar-refractivity contribution is -0.877. The van der Waals surface area contributed by atoms with Crippen molar-refractivity contribution in [3.05, 3.63) is 11.1 Å². The molecule has 0 N–H and O–H groups in total. The molecule has 0 aliphatic carbocycles. The van der Waals surface area contributed by atoms with E-state index in [0.29, 0.717) is 17.6 Å². The van der Waals surface area contributed by atoms with E-state index in [4.69, 9.17) is 16.3 Å². The fourth-order valence-electron chi connectivity index (χ4n) is 1.90. The second-order valence-electron chi connectivity index (χ2n) is 6.06. The molecular formula is C16H31BrClNO2. The highest BCUT2D eigenvalue weighted by Crippen LogP contribution is 2.06. The minimum atomic E-state index is -0.121. The van der Waals surface area contributed by atoms with Gasteiger partial charge in [0, 0.05) is 5.03 Å². The number of carbonyl (C=O) groups excluding carboxylic acids is 1. The van der Waals surface area contributed by atoms with Crippen molar-refractivity contribution in [1.29, 1.82) is 0 Å². The molecule has 0 rings (SSSR count). The highest BCUT2D eigenvalue weighted by Gasteiger charge is 2.19. The van der Waals surface area contributed by atoms with Gasteiger partial charge >= 0.3 is 5.97 Å². The average Bonchev–Trinajstić information content (AvgIpc) is 2.35. The Labute approximate surface area is 146 Å². The largest absolute Gasteiger partial charge is 1.00 e. The Morgan fingerprint density at radius 2 is 1.71 bits per heavy atom. The zero-order valence-corrected chi connectivity index (χ0v) is 16.3. The summed E-state index contributed by atoms with van der Waals surface area (Å²) in [5, 5.41) is 0.761. The van der Waals surface area contributed by atoms with Gasteiger partial charge in [-0.1, -0.05) is 50.6 Å². The molecule has 0 aromatic rings. The smallest absolute Gasteiger partial charge is 0.361 e. The third-order valence-corrected chi connectivity index (χ3v) is 3.34. The Bertz CT molecular complexity index is 303. The van der Waals surface area contributed by atoms with Crippen molar-refractivity contribution in [3.8, 4) is 0 Å². The summed E-state index contributed by atoms with van der Waals surface area (Å²) in [4.78, 5) is 11.7. The highest BCUT2D eigenvalue weighted by atomic mass is 79.9. The van der Waals surface area contributed by atoms with Gasteiger partial charge in [-0.25, -0.2) is 4.79 Å². The lowest BCUT2D eigenvalue weighted by Gasteiger charge is -2.27. The molecular weight excluding hydrogens is 354 g/mol. The van der Waals surface area contributed by atoms with Gasteiger partial charge in [-0.3, -0.25) is 0 Å². The standard InChI is InChI=1S/C16H31ClNO2.BrH/c1-5-6-7-8-9-10-13-20-16(19)14-18(3,4)12-11-15(2)17;/h11H,5-10,12-14H2,1-4H3;1H/q+1;/p-1/b15-11-;. The zero-order valence-electron chi connectivity index (χ0n) is 14.0. The second kappa shape index (κ2) is 13.6. The first-order valence-electron chi connectivity index (χ1n) is 7.67. The number of nitrogens with zero attached hydrogens (tertiary/aromatic N) is 1. The molecule has 0 unspecified atom stereocenters. The predicted molar refractivity (Wildman–Crippen MR) is 85.8 cm³/mol. The quantitative estimate of drug-likeness (QED) is 0.303. The topological polar surface area (TPSA) is 26.3 Å². The van der Waals surface area contributed by atoms with Crippen LogP contribution in [0.3, 0.4) is 0 Å². The van der Waals surface area contributed by atoms with Crippen molar-refractivity contribution in [2.24, 2.45) is 0 Å². The van der Waals surface area contributed by atoms with E-state index in [2.05, 4.69) is 6.92 Å². The molecule has 0 amide bonds. The average molecular weight is 385 g/mol. The second-order valence-corrected chi connectivity index (χ2v) is 6.65. The number of allylic oxidation sites excluding steroid dienone is 1. The first-order chi connectivity index (χ1) is 9.37. The van der Waals surface area contributed by atoms with E-state index in [-0.39, 0.29) is 23.0 Å². The molecule has 0 aromatic carbocycles. The van der Waals surface area contributed by atoms with E-state index in [0.717, 1.165) is 24.4 Å². The minimum absolute atomic E-state index is 0. The number of rotatable bonds is 11. The number of hydrogen-bond acceptors (Lipinski definition) is 2. The van der Waals surface area contributed by atoms with Gasteiger partial charge in [0.25, 0.3) is 0 Å². The number of likely N-dealkylation sites (N-methyl/N-ethyl adjacent to an activating group) is 1. The highest BCUT2D eigenvalue weighted by molar-refractivity contribution is 6.29. The van der Waals surface area contributed by atoms with Crippen molar-refractivity contribution in [2.45, 2.75) is 52.4 Å². The third-order valence-electron chi connectivity index (χ3n) is 3.18. The van der Waals surface area contributed by atoms with Crippen molar-refractivity contribution in [2.75, 3.05) is 33.8 Å². The first-order valence-corrected chi connectivity index (χ1v) is 8.05. The number of ether oxygens (including phenoxy) is 1. The molecule has 0 heterocycles. The van der Waals surface area contributed by atoms with Crippen LogP contribution in [0.25, 0.3) is 0 Å². The minimum Gasteiger partial charge on any atom is -1.00 e. The van der Waals surface area contributed by atoms with Crippen LogP contribution in [0.2, 0.25) is 0 Å². The Balaban J connectivity index is 0. The molecule has 0 saturated carbocycles. The summed E-state index contributed by atoms with van der Waals surface area (Å²) in [6.07, 6.45) is 9.16. The number of hydrogen-bond donors (Lipinski definition) is 0. The Hall–Kier alpha value is -0.0600. The summed E-state index contributed by atoms with van der Waals surface area (Å²) < 4.78 is 5.85. The van der Waals surface area contributed by atoms with Crippen LogP contribution in [-0.4, -0.2) is 44.2 Å². The molecule has 21 heavy (non-hydrogen) atoms. The Kier molecular flexibility index (Phi) is 15.0. The number of esters is 1. The van der Waals surface area contributed by atoms with Gasteiger partial charge in [0.1, 0.15) is 0 Å². The molecule has 0 atom stereocenters. The maximum Gasteiger partial charge on any atom is 0.361 e. The predicted octanol–water partition coefficient (Wildman–Crippen LogP) is 1.11. The lowest BCUT2D eigenvalue weighted by atomic mass is 10.1. The lowest BCUT2D eigenvalue weighted by Crippen LogP contribution is -3.00. The fraction of sp³-hybridized carbons (Fsp3) is 0.812. The molecule has 0 spiro atoms. The summed E-state index contributed by atoms with van der Waals surface area (Å²) >= 11 is 5.81. The summed E-state index contributed by atoms with van der Waals surface area (Å²) in [7, 11) is 4.00. The summed E-state index contributed by atoms with van der Waals surface area (Å²) in [6.45, 7) is 5.73. The van der Waals surface area contributed by atoms with Gasteiger partial charge in [-0.15, -0.1) is 0 Å². The molecule has 0 fully saturated rings. The van der Waals surface area contributed by atoms with Crippen molar-refractivity contribution >= 4 is 17.6 Å². The van der Waals surface area contributed by atoms with Crippen LogP contribution < -0.4 is 17.0 Å². The van der Waals surface area contributed by atoms with Crippen molar-refractivity contribution < 1.29 is 31.0 Å². The van der Waals surface area contributed by atoms with Gasteiger partial charge < -0.3 is 26.2 Å². The van der Waals surface area contributed by atoms with E-state index in [1.807, 2.05) is 27.1 Å². The van der Waals surface area contributed by atoms with E-state index in [9.17, 15) is 4.79 Å². The van der Waals surface area contributed by atoms with Crippen LogP contribution in [0.4, 0.5) is 0 Å². The van der Waals surface area contributed by atoms with E-state index < -0.39 is 0 Å². The van der Waals surface area contributed by atoms with Crippen LogP contribution in [0.5, 0.6) is 0 Å². The molecule has 0 bridgehead atoms. The van der Waals surface area contributed by atoms with Crippen LogP contribution in [0.15, 0.2) is 11.1 Å². The number of quaternary nitrogens is 1. The van der Waals surface area contributed by atoms with Crippen molar-refractivity contribution in [1.82, 2.24) is 0 Å². The van der Waals surface area contributed by atoms with Crippen LogP contribution in [-0.2, 0) is 9.53 Å². The number of halogens is 2. The Morgan fingerprint density at radius 1 is 1.14 bits per heavy atom. The molecule has 0 aliphatic rings.